The third-order valence-corrected chi connectivity index (χ3v) is 5.43. The quantitative estimate of drug-likeness (QED) is 0.525. The van der Waals surface area contributed by atoms with Crippen molar-refractivity contribution in [2.75, 3.05) is 26.2 Å². The number of phenolic OH excluding ortho intramolecular Hbond substituents is 1. The number of aromatic hydroxyl groups is 1. The highest BCUT2D eigenvalue weighted by molar-refractivity contribution is 5.73. The zero-order valence-electron chi connectivity index (χ0n) is 16.9. The van der Waals surface area contributed by atoms with Crippen LogP contribution in [0.5, 0.6) is 5.75 Å². The van der Waals surface area contributed by atoms with Gasteiger partial charge in [-0.2, -0.15) is 0 Å². The number of phenols is 1. The molecule has 5 N–H and O–H groups in total. The highest BCUT2D eigenvalue weighted by Gasteiger charge is 2.24. The second kappa shape index (κ2) is 10.8. The Morgan fingerprint density at radius 1 is 1.07 bits per heavy atom. The summed E-state index contributed by atoms with van der Waals surface area (Å²) in [6, 6.07) is 17.4. The van der Waals surface area contributed by atoms with Crippen LogP contribution in [-0.2, 0) is 6.42 Å². The molecule has 1 saturated heterocycles. The third-order valence-electron chi connectivity index (χ3n) is 5.43. The standard InChI is InChI=1S/C23H32N4O2/c24-20(15-18-7-2-1-3-8-18)11-12-25-23(29)26-17-22(27-13-4-5-14-27)19-9-6-10-21(28)16-19/h1-3,6-10,16,20,22,28H,4-5,11-15,17,24H2,(H2,25,26,29). The molecule has 2 atom stereocenters. The molecule has 6 nitrogen and oxygen atoms in total. The van der Waals surface area contributed by atoms with Gasteiger partial charge in [-0.25, -0.2) is 4.79 Å². The van der Waals surface area contributed by atoms with Crippen molar-refractivity contribution in [3.8, 4) is 5.75 Å². The van der Waals surface area contributed by atoms with Crippen LogP contribution in [-0.4, -0.2) is 48.3 Å². The number of amides is 2. The number of hydrogen-bond donors (Lipinski definition) is 4. The lowest BCUT2D eigenvalue weighted by atomic mass is 10.0. The second-order valence-corrected chi connectivity index (χ2v) is 7.73. The molecule has 2 unspecified atom stereocenters. The summed E-state index contributed by atoms with van der Waals surface area (Å²) < 4.78 is 0. The van der Waals surface area contributed by atoms with E-state index in [9.17, 15) is 9.90 Å². The van der Waals surface area contributed by atoms with Crippen LogP contribution < -0.4 is 16.4 Å². The number of carbonyl (C=O) groups excluding carboxylic acids is 1. The Balaban J connectivity index is 1.43. The predicted octanol–water partition coefficient (Wildman–Crippen LogP) is 2.79. The van der Waals surface area contributed by atoms with Crippen LogP contribution in [0.15, 0.2) is 54.6 Å². The first-order chi connectivity index (χ1) is 14.1. The molecule has 2 aromatic carbocycles. The number of nitrogens with zero attached hydrogens (tertiary/aromatic N) is 1. The van der Waals surface area contributed by atoms with E-state index in [0.29, 0.717) is 13.1 Å². The van der Waals surface area contributed by atoms with E-state index < -0.39 is 0 Å². The molecular weight excluding hydrogens is 364 g/mol. The maximum absolute atomic E-state index is 12.3. The van der Waals surface area contributed by atoms with Crippen molar-refractivity contribution < 1.29 is 9.90 Å². The fraction of sp³-hybridized carbons (Fsp3) is 0.435. The van der Waals surface area contributed by atoms with Crippen molar-refractivity contribution in [3.63, 3.8) is 0 Å². The molecule has 0 radical (unpaired) electrons. The van der Waals surface area contributed by atoms with Crippen molar-refractivity contribution >= 4 is 6.03 Å². The first kappa shape index (κ1) is 21.1. The summed E-state index contributed by atoms with van der Waals surface area (Å²) in [6.07, 6.45) is 3.87. The molecule has 1 aliphatic heterocycles. The Labute approximate surface area is 173 Å². The summed E-state index contributed by atoms with van der Waals surface area (Å²) >= 11 is 0. The molecule has 156 valence electrons. The van der Waals surface area contributed by atoms with Gasteiger partial charge >= 0.3 is 6.03 Å². The van der Waals surface area contributed by atoms with Crippen molar-refractivity contribution in [1.29, 1.82) is 0 Å². The van der Waals surface area contributed by atoms with E-state index in [0.717, 1.165) is 31.5 Å². The van der Waals surface area contributed by atoms with Gasteiger partial charge in [0.2, 0.25) is 0 Å². The van der Waals surface area contributed by atoms with Crippen molar-refractivity contribution in [3.05, 3.63) is 65.7 Å². The lowest BCUT2D eigenvalue weighted by Crippen LogP contribution is -2.42. The fourth-order valence-corrected chi connectivity index (χ4v) is 3.88. The van der Waals surface area contributed by atoms with Gasteiger partial charge in [-0.15, -0.1) is 0 Å². The van der Waals surface area contributed by atoms with Gasteiger partial charge in [0.15, 0.2) is 0 Å². The molecule has 1 fully saturated rings. The molecule has 0 aliphatic carbocycles. The molecule has 6 heteroatoms. The van der Waals surface area contributed by atoms with Crippen molar-refractivity contribution in [2.45, 2.75) is 37.8 Å². The minimum Gasteiger partial charge on any atom is -0.508 e. The minimum absolute atomic E-state index is 0.0161. The number of benzene rings is 2. The third kappa shape index (κ3) is 6.76. The number of likely N-dealkylation sites (tertiary alicyclic amines) is 1. The smallest absolute Gasteiger partial charge is 0.314 e. The molecule has 29 heavy (non-hydrogen) atoms. The number of nitrogens with two attached hydrogens (primary N) is 1. The van der Waals surface area contributed by atoms with Gasteiger partial charge in [0, 0.05) is 19.1 Å². The Morgan fingerprint density at radius 3 is 2.55 bits per heavy atom. The van der Waals surface area contributed by atoms with Crippen LogP contribution in [0, 0.1) is 0 Å². The van der Waals surface area contributed by atoms with Gasteiger partial charge in [-0.05, 0) is 62.0 Å². The number of nitrogens with one attached hydrogen (secondary N) is 2. The number of rotatable bonds is 9. The van der Waals surface area contributed by atoms with Crippen LogP contribution in [0.1, 0.15) is 36.4 Å². The van der Waals surface area contributed by atoms with E-state index >= 15 is 0 Å². The summed E-state index contributed by atoms with van der Waals surface area (Å²) in [5, 5.41) is 15.7. The van der Waals surface area contributed by atoms with Crippen LogP contribution in [0.2, 0.25) is 0 Å². The first-order valence-corrected chi connectivity index (χ1v) is 10.5. The number of carbonyl (C=O) groups is 1. The SMILES string of the molecule is NC(CCNC(=O)NCC(c1cccc(O)c1)N1CCCC1)Cc1ccccc1. The Kier molecular flexibility index (Phi) is 7.90. The van der Waals surface area contributed by atoms with E-state index in [1.165, 1.54) is 18.4 Å². The maximum atomic E-state index is 12.3. The Hall–Kier alpha value is -2.57. The second-order valence-electron chi connectivity index (χ2n) is 7.73. The topological polar surface area (TPSA) is 90.6 Å². The molecule has 0 saturated carbocycles. The first-order valence-electron chi connectivity index (χ1n) is 10.5. The zero-order valence-corrected chi connectivity index (χ0v) is 16.9. The van der Waals surface area contributed by atoms with Crippen molar-refractivity contribution in [2.24, 2.45) is 5.73 Å². The molecule has 1 heterocycles. The van der Waals surface area contributed by atoms with E-state index in [1.54, 1.807) is 12.1 Å². The maximum Gasteiger partial charge on any atom is 0.314 e. The summed E-state index contributed by atoms with van der Waals surface area (Å²) in [5.74, 6) is 0.253. The van der Waals surface area contributed by atoms with Crippen LogP contribution in [0.4, 0.5) is 4.79 Å². The number of urea groups is 1. The van der Waals surface area contributed by atoms with Crippen molar-refractivity contribution in [1.82, 2.24) is 15.5 Å². The largest absolute Gasteiger partial charge is 0.508 e. The van der Waals surface area contributed by atoms with E-state index in [4.69, 9.17) is 5.73 Å². The zero-order chi connectivity index (χ0) is 20.5. The lowest BCUT2D eigenvalue weighted by Gasteiger charge is -2.28. The highest BCUT2D eigenvalue weighted by Crippen LogP contribution is 2.26. The molecule has 1 aliphatic rings. The normalized spacial score (nSPS) is 16.3. The van der Waals surface area contributed by atoms with E-state index in [2.05, 4.69) is 27.7 Å². The molecule has 2 amide bonds. The average molecular weight is 397 g/mol. The Bertz CT molecular complexity index is 762. The number of hydrogen-bond acceptors (Lipinski definition) is 4. The summed E-state index contributed by atoms with van der Waals surface area (Å²) in [7, 11) is 0. The monoisotopic (exact) mass is 396 g/mol. The van der Waals surface area contributed by atoms with Gasteiger partial charge in [-0.1, -0.05) is 42.5 Å². The summed E-state index contributed by atoms with van der Waals surface area (Å²) in [5.41, 5.74) is 8.42. The van der Waals surface area contributed by atoms with Gasteiger partial charge < -0.3 is 21.5 Å². The Morgan fingerprint density at radius 2 is 1.83 bits per heavy atom. The molecule has 0 aromatic heterocycles. The minimum atomic E-state index is -0.179. The van der Waals surface area contributed by atoms with E-state index in [-0.39, 0.29) is 23.9 Å². The molecule has 0 bridgehead atoms. The average Bonchev–Trinajstić information content (AvgIpc) is 3.23. The highest BCUT2D eigenvalue weighted by atomic mass is 16.3. The summed E-state index contributed by atoms with van der Waals surface area (Å²) in [6.45, 7) is 3.07. The summed E-state index contributed by atoms with van der Waals surface area (Å²) in [4.78, 5) is 14.6. The van der Waals surface area contributed by atoms with Crippen LogP contribution >= 0.6 is 0 Å². The molecule has 3 rings (SSSR count). The van der Waals surface area contributed by atoms with Gasteiger partial charge in [0.25, 0.3) is 0 Å². The molecule has 2 aromatic rings. The lowest BCUT2D eigenvalue weighted by molar-refractivity contribution is 0.220. The molecule has 0 spiro atoms. The van der Waals surface area contributed by atoms with E-state index in [1.807, 2.05) is 30.3 Å². The van der Waals surface area contributed by atoms with Crippen LogP contribution in [0.3, 0.4) is 0 Å². The van der Waals surface area contributed by atoms with Gasteiger partial charge in [-0.3, -0.25) is 4.90 Å². The van der Waals surface area contributed by atoms with Gasteiger partial charge in [0.05, 0.1) is 6.04 Å². The van der Waals surface area contributed by atoms with Gasteiger partial charge in [0.1, 0.15) is 5.75 Å². The molecular formula is C23H32N4O2. The fourth-order valence-electron chi connectivity index (χ4n) is 3.88. The predicted molar refractivity (Wildman–Crippen MR) is 116 cm³/mol. The van der Waals surface area contributed by atoms with Crippen LogP contribution in [0.25, 0.3) is 0 Å².